The van der Waals surface area contributed by atoms with Crippen molar-refractivity contribution in [2.75, 3.05) is 12.3 Å². The van der Waals surface area contributed by atoms with Crippen LogP contribution in [0, 0.1) is 0 Å². The maximum Gasteiger partial charge on any atom is 0.260 e. The van der Waals surface area contributed by atoms with E-state index in [0.29, 0.717) is 34.1 Å². The Labute approximate surface area is 159 Å². The number of nitrogens with zero attached hydrogens (tertiary/aromatic N) is 1. The fraction of sp³-hybridized carbons (Fsp3) is 0.278. The number of thiophene rings is 1. The van der Waals surface area contributed by atoms with Gasteiger partial charge in [0.15, 0.2) is 0 Å². The van der Waals surface area contributed by atoms with E-state index in [4.69, 9.17) is 5.73 Å². The molecule has 3 aromatic rings. The van der Waals surface area contributed by atoms with Crippen molar-refractivity contribution in [2.24, 2.45) is 5.73 Å². The molecule has 0 fully saturated rings. The molecule has 8 heteroatoms. The molecule has 0 radical (unpaired) electrons. The summed E-state index contributed by atoms with van der Waals surface area (Å²) in [4.78, 5) is 32.4. The number of aromatic amines is 1. The van der Waals surface area contributed by atoms with Crippen molar-refractivity contribution in [3.8, 4) is 11.1 Å². The van der Waals surface area contributed by atoms with Gasteiger partial charge in [0.05, 0.1) is 16.9 Å². The van der Waals surface area contributed by atoms with Crippen LogP contribution >= 0.6 is 23.1 Å². The maximum absolute atomic E-state index is 12.5. The van der Waals surface area contributed by atoms with Gasteiger partial charge in [-0.1, -0.05) is 30.3 Å². The minimum atomic E-state index is -0.146. The highest BCUT2D eigenvalue weighted by atomic mass is 32.2. The van der Waals surface area contributed by atoms with E-state index in [2.05, 4.69) is 15.3 Å². The number of fused-ring (bicyclic) bond motifs is 1. The van der Waals surface area contributed by atoms with Gasteiger partial charge in [0.25, 0.3) is 5.56 Å². The summed E-state index contributed by atoms with van der Waals surface area (Å²) in [5, 5.41) is 5.38. The number of amides is 1. The molecule has 2 heterocycles. The monoisotopic (exact) mass is 388 g/mol. The molecule has 6 nitrogen and oxygen atoms in total. The van der Waals surface area contributed by atoms with Crippen LogP contribution in [0.2, 0.25) is 0 Å². The topological polar surface area (TPSA) is 101 Å². The van der Waals surface area contributed by atoms with Gasteiger partial charge in [-0.15, -0.1) is 23.1 Å². The van der Waals surface area contributed by atoms with Crippen molar-refractivity contribution in [1.82, 2.24) is 15.3 Å². The third-order valence-electron chi connectivity index (χ3n) is 3.81. The van der Waals surface area contributed by atoms with E-state index in [-0.39, 0.29) is 17.5 Å². The second-order valence-corrected chi connectivity index (χ2v) is 7.75. The average molecular weight is 389 g/mol. The first-order valence-electron chi connectivity index (χ1n) is 8.21. The van der Waals surface area contributed by atoms with E-state index >= 15 is 0 Å². The van der Waals surface area contributed by atoms with Crippen LogP contribution in [0.4, 0.5) is 0 Å². The summed E-state index contributed by atoms with van der Waals surface area (Å²) >= 11 is 2.86. The number of hydrogen-bond acceptors (Lipinski definition) is 6. The third-order valence-corrected chi connectivity index (χ3v) is 5.63. The molecular formula is C18H20N4O2S2. The highest BCUT2D eigenvalue weighted by Gasteiger charge is 2.13. The van der Waals surface area contributed by atoms with Crippen LogP contribution in [-0.2, 0) is 10.5 Å². The summed E-state index contributed by atoms with van der Waals surface area (Å²) in [5.74, 6) is 1.27. The van der Waals surface area contributed by atoms with Crippen LogP contribution in [0.25, 0.3) is 21.3 Å². The summed E-state index contributed by atoms with van der Waals surface area (Å²) in [7, 11) is 0. The third kappa shape index (κ3) is 4.32. The second kappa shape index (κ2) is 8.48. The fourth-order valence-electron chi connectivity index (χ4n) is 2.51. The molecule has 0 saturated carbocycles. The molecule has 0 aliphatic carbocycles. The van der Waals surface area contributed by atoms with Gasteiger partial charge in [0, 0.05) is 23.5 Å². The summed E-state index contributed by atoms with van der Waals surface area (Å²) in [6.45, 7) is 2.26. The molecule has 0 bridgehead atoms. The molecule has 4 N–H and O–H groups in total. The predicted molar refractivity (Wildman–Crippen MR) is 108 cm³/mol. The smallest absolute Gasteiger partial charge is 0.260 e. The van der Waals surface area contributed by atoms with Crippen LogP contribution in [0.15, 0.2) is 40.5 Å². The number of nitrogens with two attached hydrogens (primary N) is 1. The molecule has 1 amide bonds. The first kappa shape index (κ1) is 18.6. The quantitative estimate of drug-likeness (QED) is 0.577. The largest absolute Gasteiger partial charge is 0.352 e. The lowest BCUT2D eigenvalue weighted by molar-refractivity contribution is -0.119. The predicted octanol–water partition coefficient (Wildman–Crippen LogP) is 2.35. The Hall–Kier alpha value is -2.16. The van der Waals surface area contributed by atoms with Gasteiger partial charge in [-0.2, -0.15) is 0 Å². The van der Waals surface area contributed by atoms with Gasteiger partial charge < -0.3 is 16.0 Å². The van der Waals surface area contributed by atoms with Crippen molar-refractivity contribution in [3.63, 3.8) is 0 Å². The van der Waals surface area contributed by atoms with Crippen molar-refractivity contribution >= 4 is 39.2 Å². The zero-order valence-corrected chi connectivity index (χ0v) is 16.0. The molecule has 3 rings (SSSR count). The number of thioether (sulfide) groups is 1. The molecule has 0 aliphatic rings. The SMILES string of the molecule is C[C@@H](CN)NC(=O)CSCc1nc2scc(-c3ccccc3)c2c(=O)[nH]1. The summed E-state index contributed by atoms with van der Waals surface area (Å²) in [6, 6.07) is 9.75. The van der Waals surface area contributed by atoms with Gasteiger partial charge in [-0.3, -0.25) is 9.59 Å². The van der Waals surface area contributed by atoms with Crippen LogP contribution in [0.5, 0.6) is 0 Å². The zero-order valence-electron chi connectivity index (χ0n) is 14.3. The molecule has 1 atom stereocenters. The number of nitrogens with one attached hydrogen (secondary N) is 2. The number of carbonyl (C=O) groups is 1. The van der Waals surface area contributed by atoms with Gasteiger partial charge in [-0.05, 0) is 12.5 Å². The zero-order chi connectivity index (χ0) is 18.5. The number of benzene rings is 1. The van der Waals surface area contributed by atoms with E-state index in [1.807, 2.05) is 42.6 Å². The van der Waals surface area contributed by atoms with Gasteiger partial charge in [-0.25, -0.2) is 4.98 Å². The molecule has 1 aromatic carbocycles. The Balaban J connectivity index is 1.72. The Morgan fingerprint density at radius 1 is 1.38 bits per heavy atom. The molecule has 0 unspecified atom stereocenters. The van der Waals surface area contributed by atoms with E-state index < -0.39 is 0 Å². The van der Waals surface area contributed by atoms with E-state index in [1.54, 1.807) is 0 Å². The Morgan fingerprint density at radius 2 is 2.15 bits per heavy atom. The van der Waals surface area contributed by atoms with E-state index in [1.165, 1.54) is 23.1 Å². The lowest BCUT2D eigenvalue weighted by Gasteiger charge is -2.10. The molecule has 0 saturated heterocycles. The average Bonchev–Trinajstić information content (AvgIpc) is 3.07. The summed E-state index contributed by atoms with van der Waals surface area (Å²) in [5.41, 5.74) is 7.23. The minimum absolute atomic E-state index is 0.0418. The summed E-state index contributed by atoms with van der Waals surface area (Å²) in [6.07, 6.45) is 0. The molecule has 2 aromatic heterocycles. The second-order valence-electron chi connectivity index (χ2n) is 5.91. The van der Waals surface area contributed by atoms with Crippen LogP contribution in [0.1, 0.15) is 12.7 Å². The number of hydrogen-bond donors (Lipinski definition) is 3. The van der Waals surface area contributed by atoms with Gasteiger partial charge in [0.1, 0.15) is 10.7 Å². The van der Waals surface area contributed by atoms with Crippen molar-refractivity contribution < 1.29 is 4.79 Å². The Bertz CT molecular complexity index is 953. The highest BCUT2D eigenvalue weighted by Crippen LogP contribution is 2.30. The summed E-state index contributed by atoms with van der Waals surface area (Å²) < 4.78 is 0. The van der Waals surface area contributed by atoms with E-state index in [9.17, 15) is 9.59 Å². The van der Waals surface area contributed by atoms with Crippen molar-refractivity contribution in [3.05, 3.63) is 51.9 Å². The number of H-pyrrole nitrogens is 1. The van der Waals surface area contributed by atoms with Gasteiger partial charge >= 0.3 is 0 Å². The van der Waals surface area contributed by atoms with Crippen LogP contribution in [0.3, 0.4) is 0 Å². The maximum atomic E-state index is 12.5. The van der Waals surface area contributed by atoms with Crippen LogP contribution < -0.4 is 16.6 Å². The molecule has 0 aliphatic heterocycles. The molecule has 136 valence electrons. The van der Waals surface area contributed by atoms with Crippen molar-refractivity contribution in [2.45, 2.75) is 18.7 Å². The molecule has 0 spiro atoms. The standard InChI is InChI=1S/C18H20N4O2S2/c1-11(7-19)20-15(23)10-25-9-14-21-17(24)16-13(8-26-18(16)22-14)12-5-3-2-4-6-12/h2-6,8,11H,7,9-10,19H2,1H3,(H,20,23)(H,21,22,24)/t11-/m0/s1. The van der Waals surface area contributed by atoms with Crippen LogP contribution in [-0.4, -0.2) is 34.2 Å². The normalized spacial score (nSPS) is 12.2. The molecule has 26 heavy (non-hydrogen) atoms. The number of carbonyl (C=O) groups excluding carboxylic acids is 1. The first-order chi connectivity index (χ1) is 12.6. The molecular weight excluding hydrogens is 368 g/mol. The Morgan fingerprint density at radius 3 is 2.88 bits per heavy atom. The van der Waals surface area contributed by atoms with Crippen molar-refractivity contribution in [1.29, 1.82) is 0 Å². The lowest BCUT2D eigenvalue weighted by Crippen LogP contribution is -2.38. The first-order valence-corrected chi connectivity index (χ1v) is 10.2. The highest BCUT2D eigenvalue weighted by molar-refractivity contribution is 7.99. The number of aromatic nitrogens is 2. The van der Waals surface area contributed by atoms with E-state index in [0.717, 1.165) is 11.1 Å². The number of rotatable bonds is 7. The van der Waals surface area contributed by atoms with Gasteiger partial charge in [0.2, 0.25) is 5.91 Å². The fourth-order valence-corrected chi connectivity index (χ4v) is 4.18. The minimum Gasteiger partial charge on any atom is -0.352 e. The lowest BCUT2D eigenvalue weighted by atomic mass is 10.1. The Kier molecular flexibility index (Phi) is 6.08.